The quantitative estimate of drug-likeness (QED) is 0.791. The maximum Gasteiger partial charge on any atom is 0.228 e. The van der Waals surface area contributed by atoms with E-state index in [0.29, 0.717) is 6.42 Å². The maximum atomic E-state index is 12.4. The fourth-order valence-electron chi connectivity index (χ4n) is 2.56. The van der Waals surface area contributed by atoms with Crippen LogP contribution >= 0.6 is 0 Å². The van der Waals surface area contributed by atoms with Crippen LogP contribution in [0.15, 0.2) is 54.7 Å². The number of anilines is 1. The van der Waals surface area contributed by atoms with Crippen LogP contribution in [0, 0.1) is 13.8 Å². The summed E-state index contributed by atoms with van der Waals surface area (Å²) in [6.07, 6.45) is 2.08. The standard InChI is InChI=1S/C19H18N2O/c1-13-6-3-10-17(14(13)2)21-18(22)12-16-8-4-7-15-9-5-11-20-19(15)16/h3-11H,12H2,1-2H3,(H,21,22). The first kappa shape index (κ1) is 14.3. The van der Waals surface area contributed by atoms with E-state index < -0.39 is 0 Å². The maximum absolute atomic E-state index is 12.4. The number of carbonyl (C=O) groups is 1. The van der Waals surface area contributed by atoms with Gasteiger partial charge in [-0.15, -0.1) is 0 Å². The zero-order chi connectivity index (χ0) is 15.5. The summed E-state index contributed by atoms with van der Waals surface area (Å²) >= 11 is 0. The van der Waals surface area contributed by atoms with Crippen molar-refractivity contribution in [3.63, 3.8) is 0 Å². The molecule has 3 nitrogen and oxygen atoms in total. The van der Waals surface area contributed by atoms with Crippen molar-refractivity contribution in [2.75, 3.05) is 5.32 Å². The molecule has 0 aliphatic carbocycles. The van der Waals surface area contributed by atoms with Crippen LogP contribution < -0.4 is 5.32 Å². The third kappa shape index (κ3) is 2.84. The van der Waals surface area contributed by atoms with Gasteiger partial charge in [-0.1, -0.05) is 36.4 Å². The minimum atomic E-state index is -0.0214. The van der Waals surface area contributed by atoms with Gasteiger partial charge in [0.2, 0.25) is 5.91 Å². The van der Waals surface area contributed by atoms with E-state index in [4.69, 9.17) is 0 Å². The van der Waals surface area contributed by atoms with Crippen molar-refractivity contribution in [2.24, 2.45) is 0 Å². The number of benzene rings is 2. The third-order valence-electron chi connectivity index (χ3n) is 3.95. The number of carbonyl (C=O) groups excluding carboxylic acids is 1. The Labute approximate surface area is 130 Å². The summed E-state index contributed by atoms with van der Waals surface area (Å²) in [6, 6.07) is 15.8. The van der Waals surface area contributed by atoms with E-state index in [-0.39, 0.29) is 5.91 Å². The first-order valence-electron chi connectivity index (χ1n) is 7.34. The molecule has 0 saturated heterocycles. The molecule has 0 bridgehead atoms. The normalized spacial score (nSPS) is 10.6. The Hall–Kier alpha value is -2.68. The average Bonchev–Trinajstić information content (AvgIpc) is 2.52. The van der Waals surface area contributed by atoms with Gasteiger partial charge in [0, 0.05) is 17.3 Å². The fourth-order valence-corrected chi connectivity index (χ4v) is 2.56. The van der Waals surface area contributed by atoms with Gasteiger partial charge >= 0.3 is 0 Å². The van der Waals surface area contributed by atoms with Gasteiger partial charge in [0.05, 0.1) is 11.9 Å². The molecule has 3 aromatic rings. The smallest absolute Gasteiger partial charge is 0.228 e. The summed E-state index contributed by atoms with van der Waals surface area (Å²) in [5.74, 6) is -0.0214. The molecule has 0 aliphatic heterocycles. The van der Waals surface area contributed by atoms with Gasteiger partial charge in [0.1, 0.15) is 0 Å². The minimum Gasteiger partial charge on any atom is -0.326 e. The van der Waals surface area contributed by atoms with Gasteiger partial charge < -0.3 is 5.32 Å². The third-order valence-corrected chi connectivity index (χ3v) is 3.95. The molecule has 0 spiro atoms. The molecule has 0 atom stereocenters. The van der Waals surface area contributed by atoms with Crippen molar-refractivity contribution in [1.29, 1.82) is 0 Å². The summed E-state index contributed by atoms with van der Waals surface area (Å²) in [5, 5.41) is 4.05. The zero-order valence-corrected chi connectivity index (χ0v) is 12.8. The molecule has 0 aliphatic rings. The van der Waals surface area contributed by atoms with Crippen LogP contribution in [0.1, 0.15) is 16.7 Å². The van der Waals surface area contributed by atoms with Crippen LogP contribution in [0.25, 0.3) is 10.9 Å². The van der Waals surface area contributed by atoms with Crippen molar-refractivity contribution in [3.8, 4) is 0 Å². The molecule has 110 valence electrons. The summed E-state index contributed by atoms with van der Waals surface area (Å²) in [7, 11) is 0. The second-order valence-corrected chi connectivity index (χ2v) is 5.46. The summed E-state index contributed by atoms with van der Waals surface area (Å²) in [5.41, 5.74) is 4.98. The summed E-state index contributed by atoms with van der Waals surface area (Å²) in [4.78, 5) is 16.7. The molecule has 0 radical (unpaired) electrons. The van der Waals surface area contributed by atoms with E-state index in [1.54, 1.807) is 6.20 Å². The Morgan fingerprint density at radius 1 is 1.05 bits per heavy atom. The van der Waals surface area contributed by atoms with Crippen LogP contribution in [0.2, 0.25) is 0 Å². The largest absolute Gasteiger partial charge is 0.326 e. The number of nitrogens with zero attached hydrogens (tertiary/aromatic N) is 1. The lowest BCUT2D eigenvalue weighted by Gasteiger charge is -2.11. The number of aromatic nitrogens is 1. The van der Waals surface area contributed by atoms with Crippen LogP contribution in [-0.2, 0) is 11.2 Å². The van der Waals surface area contributed by atoms with Gasteiger partial charge in [0.25, 0.3) is 0 Å². The molecule has 1 aromatic heterocycles. The first-order valence-corrected chi connectivity index (χ1v) is 7.34. The molecule has 22 heavy (non-hydrogen) atoms. The highest BCUT2D eigenvalue weighted by Crippen LogP contribution is 2.20. The number of aryl methyl sites for hydroxylation is 1. The molecule has 1 heterocycles. The Kier molecular flexibility index (Phi) is 3.88. The molecule has 3 rings (SSSR count). The molecule has 0 saturated carbocycles. The molecule has 3 heteroatoms. The van der Waals surface area contributed by atoms with Gasteiger partial charge in [-0.05, 0) is 42.7 Å². The number of amides is 1. The second kappa shape index (κ2) is 5.98. The van der Waals surface area contributed by atoms with Crippen LogP contribution in [-0.4, -0.2) is 10.9 Å². The Morgan fingerprint density at radius 2 is 1.82 bits per heavy atom. The highest BCUT2D eigenvalue weighted by molar-refractivity contribution is 5.95. The van der Waals surface area contributed by atoms with Crippen LogP contribution in [0.4, 0.5) is 5.69 Å². The Balaban J connectivity index is 1.83. The number of hydrogen-bond donors (Lipinski definition) is 1. The molecule has 1 N–H and O–H groups in total. The van der Waals surface area contributed by atoms with Gasteiger partial charge in [-0.2, -0.15) is 0 Å². The zero-order valence-electron chi connectivity index (χ0n) is 12.8. The molecule has 0 unspecified atom stereocenters. The van der Waals surface area contributed by atoms with E-state index in [9.17, 15) is 4.79 Å². The lowest BCUT2D eigenvalue weighted by Crippen LogP contribution is -2.15. The van der Waals surface area contributed by atoms with Crippen molar-refractivity contribution in [2.45, 2.75) is 20.3 Å². The monoisotopic (exact) mass is 290 g/mol. The highest BCUT2D eigenvalue weighted by atomic mass is 16.1. The fraction of sp³-hybridized carbons (Fsp3) is 0.158. The van der Waals surface area contributed by atoms with E-state index in [1.165, 1.54) is 5.56 Å². The lowest BCUT2D eigenvalue weighted by atomic mass is 10.1. The SMILES string of the molecule is Cc1cccc(NC(=O)Cc2cccc3cccnc23)c1C. The number of fused-ring (bicyclic) bond motifs is 1. The molecule has 1 amide bonds. The van der Waals surface area contributed by atoms with Gasteiger partial charge in [0.15, 0.2) is 0 Å². The van der Waals surface area contributed by atoms with Crippen molar-refractivity contribution < 1.29 is 4.79 Å². The molecular weight excluding hydrogens is 272 g/mol. The Bertz CT molecular complexity index is 834. The van der Waals surface area contributed by atoms with Crippen molar-refractivity contribution in [3.05, 3.63) is 71.4 Å². The van der Waals surface area contributed by atoms with E-state index in [2.05, 4.69) is 10.3 Å². The predicted octanol–water partition coefficient (Wildman–Crippen LogP) is 4.03. The van der Waals surface area contributed by atoms with Gasteiger partial charge in [-0.3, -0.25) is 9.78 Å². The van der Waals surface area contributed by atoms with E-state index in [1.807, 2.05) is 62.4 Å². The van der Waals surface area contributed by atoms with Crippen molar-refractivity contribution >= 4 is 22.5 Å². The molecular formula is C19H18N2O. The van der Waals surface area contributed by atoms with E-state index >= 15 is 0 Å². The minimum absolute atomic E-state index is 0.0214. The number of hydrogen-bond acceptors (Lipinski definition) is 2. The summed E-state index contributed by atoms with van der Waals surface area (Å²) < 4.78 is 0. The van der Waals surface area contributed by atoms with E-state index in [0.717, 1.165) is 27.7 Å². The van der Waals surface area contributed by atoms with Crippen molar-refractivity contribution in [1.82, 2.24) is 4.98 Å². The van der Waals surface area contributed by atoms with Crippen LogP contribution in [0.3, 0.4) is 0 Å². The number of nitrogens with one attached hydrogen (secondary N) is 1. The topological polar surface area (TPSA) is 42.0 Å². The molecule has 0 fully saturated rings. The molecule has 2 aromatic carbocycles. The highest BCUT2D eigenvalue weighted by Gasteiger charge is 2.09. The number of rotatable bonds is 3. The number of pyridine rings is 1. The average molecular weight is 290 g/mol. The Morgan fingerprint density at radius 3 is 2.68 bits per heavy atom. The first-order chi connectivity index (χ1) is 10.6. The number of para-hydroxylation sites is 1. The van der Waals surface area contributed by atoms with Gasteiger partial charge in [-0.25, -0.2) is 0 Å². The van der Waals surface area contributed by atoms with Crippen LogP contribution in [0.5, 0.6) is 0 Å². The second-order valence-electron chi connectivity index (χ2n) is 5.46. The lowest BCUT2D eigenvalue weighted by molar-refractivity contribution is -0.115. The predicted molar refractivity (Wildman–Crippen MR) is 90.0 cm³/mol. The summed E-state index contributed by atoms with van der Waals surface area (Å²) in [6.45, 7) is 4.06.